The Kier molecular flexibility index (Phi) is 4.65. The molecule has 0 saturated carbocycles. The summed E-state index contributed by atoms with van der Waals surface area (Å²) in [6.45, 7) is 7.67. The molecule has 0 fully saturated rings. The van der Waals surface area contributed by atoms with Gasteiger partial charge in [0, 0.05) is 5.56 Å². The van der Waals surface area contributed by atoms with E-state index in [4.69, 9.17) is 0 Å². The van der Waals surface area contributed by atoms with Crippen LogP contribution in [0.5, 0.6) is 0 Å². The zero-order chi connectivity index (χ0) is 15.3. The van der Waals surface area contributed by atoms with Gasteiger partial charge in [0.05, 0.1) is 0 Å². The van der Waals surface area contributed by atoms with Crippen molar-refractivity contribution in [1.29, 1.82) is 0 Å². The van der Waals surface area contributed by atoms with Crippen LogP contribution in [0.2, 0.25) is 0 Å². The standard InChI is InChI=1S/C18H16F2Si/c1-3-21(4-2,18-12-8-7-11-17(18)20)14-13-15-9-5-6-10-16(15)19/h3-14H,1-2H2. The maximum absolute atomic E-state index is 14.1. The minimum absolute atomic E-state index is 0.290. The number of benzene rings is 2. The van der Waals surface area contributed by atoms with E-state index >= 15 is 0 Å². The number of hydrogen-bond acceptors (Lipinski definition) is 0. The van der Waals surface area contributed by atoms with Crippen molar-refractivity contribution in [3.05, 3.63) is 96.0 Å². The third-order valence-electron chi connectivity index (χ3n) is 3.46. The van der Waals surface area contributed by atoms with Gasteiger partial charge in [0.1, 0.15) is 11.6 Å². The van der Waals surface area contributed by atoms with Crippen molar-refractivity contribution in [2.24, 2.45) is 0 Å². The van der Waals surface area contributed by atoms with Crippen LogP contribution in [-0.2, 0) is 0 Å². The minimum atomic E-state index is -2.56. The van der Waals surface area contributed by atoms with Crippen molar-refractivity contribution in [1.82, 2.24) is 0 Å². The molecule has 2 rings (SSSR count). The van der Waals surface area contributed by atoms with Gasteiger partial charge >= 0.3 is 0 Å². The largest absolute Gasteiger partial charge is 0.207 e. The Morgan fingerprint density at radius 3 is 1.95 bits per heavy atom. The Morgan fingerprint density at radius 2 is 1.38 bits per heavy atom. The Balaban J connectivity index is 2.50. The minimum Gasteiger partial charge on any atom is -0.207 e. The molecule has 0 spiro atoms. The molecule has 0 nitrogen and oxygen atoms in total. The summed E-state index contributed by atoms with van der Waals surface area (Å²) in [5, 5.41) is 0.572. The normalized spacial score (nSPS) is 11.5. The second-order valence-corrected chi connectivity index (χ2v) is 8.23. The fraction of sp³-hybridized carbons (Fsp3) is 0. The van der Waals surface area contributed by atoms with Gasteiger partial charge in [-0.05, 0) is 17.3 Å². The Bertz CT molecular complexity index is 681. The maximum atomic E-state index is 14.1. The third-order valence-corrected chi connectivity index (χ3v) is 6.87. The lowest BCUT2D eigenvalue weighted by molar-refractivity contribution is 0.625. The molecule has 106 valence electrons. The summed E-state index contributed by atoms with van der Waals surface area (Å²) in [5.74, 6) is -0.597. The molecule has 0 atom stereocenters. The van der Waals surface area contributed by atoms with E-state index in [-0.39, 0.29) is 11.6 Å². The first-order valence-electron chi connectivity index (χ1n) is 6.59. The molecule has 0 saturated heterocycles. The molecule has 0 aliphatic rings. The third kappa shape index (κ3) is 3.08. The highest BCUT2D eigenvalue weighted by Crippen LogP contribution is 2.15. The van der Waals surface area contributed by atoms with Crippen molar-refractivity contribution in [3.8, 4) is 0 Å². The SMILES string of the molecule is C=C[Si](C=C)(C=Cc1ccccc1F)c1ccccc1F. The van der Waals surface area contributed by atoms with Gasteiger partial charge in [-0.15, -0.1) is 13.2 Å². The first-order valence-corrected chi connectivity index (χ1v) is 8.82. The van der Waals surface area contributed by atoms with Crippen LogP contribution in [0.4, 0.5) is 8.78 Å². The second kappa shape index (κ2) is 6.46. The molecule has 0 radical (unpaired) electrons. The van der Waals surface area contributed by atoms with Crippen molar-refractivity contribution in [2.75, 3.05) is 0 Å². The van der Waals surface area contributed by atoms with Gasteiger partial charge in [-0.25, -0.2) is 8.78 Å². The summed E-state index contributed by atoms with van der Waals surface area (Å²) in [5.41, 5.74) is 5.77. The monoisotopic (exact) mass is 298 g/mol. The quantitative estimate of drug-likeness (QED) is 0.721. The molecule has 21 heavy (non-hydrogen) atoms. The summed E-state index contributed by atoms with van der Waals surface area (Å²) >= 11 is 0. The summed E-state index contributed by atoms with van der Waals surface area (Å²) in [7, 11) is -2.56. The highest BCUT2D eigenvalue weighted by molar-refractivity contribution is 7.03. The average Bonchev–Trinajstić information content (AvgIpc) is 2.51. The van der Waals surface area contributed by atoms with Crippen LogP contribution in [0.25, 0.3) is 6.08 Å². The van der Waals surface area contributed by atoms with E-state index in [0.29, 0.717) is 10.8 Å². The van der Waals surface area contributed by atoms with Gasteiger partial charge in [-0.2, -0.15) is 0 Å². The van der Waals surface area contributed by atoms with Gasteiger partial charge in [-0.3, -0.25) is 0 Å². The van der Waals surface area contributed by atoms with Crippen LogP contribution < -0.4 is 5.19 Å². The molecular formula is C18H16F2Si. The highest BCUT2D eigenvalue weighted by atomic mass is 28.3. The zero-order valence-corrected chi connectivity index (χ0v) is 12.6. The van der Waals surface area contributed by atoms with E-state index in [9.17, 15) is 8.78 Å². The Hall–Kier alpha value is -2.26. The number of hydrogen-bond donors (Lipinski definition) is 0. The zero-order valence-electron chi connectivity index (χ0n) is 11.6. The van der Waals surface area contributed by atoms with Crippen LogP contribution in [-0.4, -0.2) is 8.07 Å². The van der Waals surface area contributed by atoms with Crippen LogP contribution in [0, 0.1) is 11.6 Å². The van der Waals surface area contributed by atoms with E-state index in [0.717, 1.165) is 0 Å². The molecular weight excluding hydrogens is 282 g/mol. The van der Waals surface area contributed by atoms with Gasteiger partial charge in [0.25, 0.3) is 0 Å². The molecule has 2 aromatic rings. The first-order chi connectivity index (χ1) is 10.1. The smallest absolute Gasteiger partial charge is 0.160 e. The van der Waals surface area contributed by atoms with Crippen molar-refractivity contribution < 1.29 is 8.78 Å². The van der Waals surface area contributed by atoms with E-state index < -0.39 is 8.07 Å². The Labute approximate surface area is 124 Å². The van der Waals surface area contributed by atoms with Crippen molar-refractivity contribution in [3.63, 3.8) is 0 Å². The Morgan fingerprint density at radius 1 is 0.810 bits per heavy atom. The fourth-order valence-corrected chi connectivity index (χ4v) is 4.57. The molecule has 0 heterocycles. The predicted octanol–water partition coefficient (Wildman–Crippen LogP) is 4.32. The lowest BCUT2D eigenvalue weighted by Crippen LogP contribution is -2.44. The van der Waals surface area contributed by atoms with Crippen LogP contribution >= 0.6 is 0 Å². The van der Waals surface area contributed by atoms with Crippen molar-refractivity contribution in [2.45, 2.75) is 0 Å². The molecule has 0 N–H and O–H groups in total. The van der Waals surface area contributed by atoms with E-state index in [1.165, 1.54) is 12.1 Å². The van der Waals surface area contributed by atoms with Crippen LogP contribution in [0.1, 0.15) is 5.56 Å². The summed E-state index contributed by atoms with van der Waals surface area (Å²) in [6, 6.07) is 13.0. The highest BCUT2D eigenvalue weighted by Gasteiger charge is 2.28. The van der Waals surface area contributed by atoms with E-state index in [1.54, 1.807) is 53.9 Å². The lowest BCUT2D eigenvalue weighted by atomic mass is 10.2. The molecule has 0 aliphatic heterocycles. The lowest BCUT2D eigenvalue weighted by Gasteiger charge is -2.21. The predicted molar refractivity (Wildman–Crippen MR) is 87.6 cm³/mol. The second-order valence-electron chi connectivity index (χ2n) is 4.68. The molecule has 0 amide bonds. The van der Waals surface area contributed by atoms with E-state index in [1.807, 2.05) is 5.70 Å². The van der Waals surface area contributed by atoms with Gasteiger partial charge in [0.15, 0.2) is 8.07 Å². The fourth-order valence-electron chi connectivity index (χ4n) is 2.18. The van der Waals surface area contributed by atoms with Gasteiger partial charge < -0.3 is 0 Å². The van der Waals surface area contributed by atoms with Crippen molar-refractivity contribution >= 4 is 19.3 Å². The van der Waals surface area contributed by atoms with Crippen LogP contribution in [0.3, 0.4) is 0 Å². The number of halogens is 2. The molecule has 2 aromatic carbocycles. The molecule has 3 heteroatoms. The molecule has 0 aromatic heterocycles. The number of rotatable bonds is 5. The summed E-state index contributed by atoms with van der Waals surface area (Å²) in [6.07, 6.45) is 1.68. The molecule has 0 unspecified atom stereocenters. The summed E-state index contributed by atoms with van der Waals surface area (Å²) in [4.78, 5) is 0. The van der Waals surface area contributed by atoms with Crippen LogP contribution in [0.15, 0.2) is 78.8 Å². The maximum Gasteiger partial charge on any atom is 0.160 e. The first kappa shape index (κ1) is 15.1. The van der Waals surface area contributed by atoms with Gasteiger partial charge in [-0.1, -0.05) is 59.6 Å². The molecule has 0 aliphatic carbocycles. The van der Waals surface area contributed by atoms with E-state index in [2.05, 4.69) is 13.2 Å². The topological polar surface area (TPSA) is 0 Å². The summed E-state index contributed by atoms with van der Waals surface area (Å²) < 4.78 is 27.8. The average molecular weight is 298 g/mol. The molecule has 0 bridgehead atoms. The van der Waals surface area contributed by atoms with Gasteiger partial charge in [0.2, 0.25) is 0 Å².